The van der Waals surface area contributed by atoms with Crippen LogP contribution < -0.4 is 10.2 Å². The summed E-state index contributed by atoms with van der Waals surface area (Å²) in [4.78, 5) is 19.7. The smallest absolute Gasteiger partial charge is 0.393 e. The summed E-state index contributed by atoms with van der Waals surface area (Å²) in [6, 6.07) is 14.1. The highest BCUT2D eigenvalue weighted by Crippen LogP contribution is 2.34. The molecule has 0 saturated carbocycles. The second kappa shape index (κ2) is 9.95. The average molecular weight is 485 g/mol. The Kier molecular flexibility index (Phi) is 6.98. The second-order valence-corrected chi connectivity index (χ2v) is 8.75. The van der Waals surface area contributed by atoms with Crippen molar-refractivity contribution in [1.82, 2.24) is 9.88 Å². The molecule has 0 aliphatic carbocycles. The number of anilines is 3. The fourth-order valence-corrected chi connectivity index (χ4v) is 4.44. The zero-order valence-electron chi connectivity index (χ0n) is 19.5. The number of pyridine rings is 1. The SMILES string of the molecule is CN(c1ccc(CC(F)(F)F)cc1)c1ccc2c(c1)CCN(C)[C@H]2CNc1cnccc1C(=O)O. The number of hydrogen-bond donors (Lipinski definition) is 2. The van der Waals surface area contributed by atoms with Crippen molar-refractivity contribution in [2.75, 3.05) is 37.4 Å². The van der Waals surface area contributed by atoms with E-state index in [1.807, 2.05) is 25.1 Å². The fourth-order valence-electron chi connectivity index (χ4n) is 4.44. The predicted molar refractivity (Wildman–Crippen MR) is 129 cm³/mol. The molecule has 0 amide bonds. The number of fused-ring (bicyclic) bond motifs is 1. The molecular weight excluding hydrogens is 457 g/mol. The molecule has 0 spiro atoms. The summed E-state index contributed by atoms with van der Waals surface area (Å²) >= 11 is 0. The lowest BCUT2D eigenvalue weighted by molar-refractivity contribution is -0.127. The van der Waals surface area contributed by atoms with E-state index in [1.165, 1.54) is 36.2 Å². The highest BCUT2D eigenvalue weighted by molar-refractivity contribution is 5.93. The van der Waals surface area contributed by atoms with Gasteiger partial charge in [-0.05, 0) is 60.5 Å². The highest BCUT2D eigenvalue weighted by atomic mass is 19.4. The van der Waals surface area contributed by atoms with Gasteiger partial charge in [0.2, 0.25) is 0 Å². The molecule has 35 heavy (non-hydrogen) atoms. The number of aromatic carboxylic acids is 1. The Morgan fingerprint density at radius 2 is 1.89 bits per heavy atom. The first-order valence-electron chi connectivity index (χ1n) is 11.3. The molecule has 0 saturated heterocycles. The maximum Gasteiger partial charge on any atom is 0.393 e. The van der Waals surface area contributed by atoms with Gasteiger partial charge < -0.3 is 15.3 Å². The van der Waals surface area contributed by atoms with Crippen LogP contribution in [0.25, 0.3) is 0 Å². The van der Waals surface area contributed by atoms with Gasteiger partial charge in [-0.15, -0.1) is 0 Å². The molecule has 1 aliphatic heterocycles. The van der Waals surface area contributed by atoms with Crippen LogP contribution in [0.5, 0.6) is 0 Å². The summed E-state index contributed by atoms with van der Waals surface area (Å²) in [5.41, 5.74) is 4.99. The Morgan fingerprint density at radius 3 is 2.57 bits per heavy atom. The summed E-state index contributed by atoms with van der Waals surface area (Å²) in [7, 11) is 3.93. The van der Waals surface area contributed by atoms with Crippen molar-refractivity contribution in [3.63, 3.8) is 0 Å². The average Bonchev–Trinajstić information content (AvgIpc) is 2.82. The van der Waals surface area contributed by atoms with Crippen molar-refractivity contribution < 1.29 is 23.1 Å². The van der Waals surface area contributed by atoms with Crippen LogP contribution in [0.2, 0.25) is 0 Å². The number of carbonyl (C=O) groups is 1. The van der Waals surface area contributed by atoms with E-state index in [0.717, 1.165) is 29.9 Å². The minimum atomic E-state index is -4.23. The first-order valence-corrected chi connectivity index (χ1v) is 11.3. The van der Waals surface area contributed by atoms with E-state index < -0.39 is 18.6 Å². The van der Waals surface area contributed by atoms with E-state index in [9.17, 15) is 23.1 Å². The molecule has 6 nitrogen and oxygen atoms in total. The quantitative estimate of drug-likeness (QED) is 0.475. The topological polar surface area (TPSA) is 68.7 Å². The van der Waals surface area contributed by atoms with Crippen LogP contribution >= 0.6 is 0 Å². The lowest BCUT2D eigenvalue weighted by Gasteiger charge is -2.36. The van der Waals surface area contributed by atoms with Crippen LogP contribution in [-0.2, 0) is 12.8 Å². The number of halogens is 3. The number of hydrogen-bond acceptors (Lipinski definition) is 5. The first kappa shape index (κ1) is 24.5. The van der Waals surface area contributed by atoms with E-state index in [2.05, 4.69) is 27.3 Å². The molecule has 3 aromatic rings. The summed E-state index contributed by atoms with van der Waals surface area (Å²) in [5.74, 6) is -1.01. The molecule has 0 bridgehead atoms. The highest BCUT2D eigenvalue weighted by Gasteiger charge is 2.28. The van der Waals surface area contributed by atoms with Gasteiger partial charge in [0.05, 0.1) is 29.9 Å². The van der Waals surface area contributed by atoms with Gasteiger partial charge in [0.25, 0.3) is 0 Å². The Labute approximate surface area is 202 Å². The molecule has 2 aromatic carbocycles. The maximum atomic E-state index is 12.6. The maximum absolute atomic E-state index is 12.6. The summed E-state index contributed by atoms with van der Waals surface area (Å²) in [6.07, 6.45) is -1.33. The number of alkyl halides is 3. The number of carboxylic acid groups (broad SMARTS) is 1. The van der Waals surface area contributed by atoms with Crippen molar-refractivity contribution in [2.45, 2.75) is 25.1 Å². The Balaban J connectivity index is 1.51. The molecule has 4 rings (SSSR count). The normalized spacial score (nSPS) is 16.0. The molecule has 9 heteroatoms. The lowest BCUT2D eigenvalue weighted by atomic mass is 9.92. The van der Waals surface area contributed by atoms with Gasteiger partial charge in [0.1, 0.15) is 0 Å². The largest absolute Gasteiger partial charge is 0.478 e. The zero-order valence-corrected chi connectivity index (χ0v) is 19.5. The number of nitrogens with one attached hydrogen (secondary N) is 1. The molecule has 2 heterocycles. The van der Waals surface area contributed by atoms with E-state index in [-0.39, 0.29) is 17.2 Å². The van der Waals surface area contributed by atoms with E-state index in [4.69, 9.17) is 0 Å². The molecule has 1 aromatic heterocycles. The molecule has 184 valence electrons. The van der Waals surface area contributed by atoms with Crippen LogP contribution in [0.15, 0.2) is 60.9 Å². The Hall–Kier alpha value is -3.59. The molecule has 1 aliphatic rings. The van der Waals surface area contributed by atoms with Gasteiger partial charge in [-0.25, -0.2) is 4.79 Å². The number of likely N-dealkylation sites (N-methyl/N-ethyl adjacent to an activating group) is 1. The molecular formula is C26H27F3N4O2. The number of nitrogens with zero attached hydrogens (tertiary/aromatic N) is 3. The third-order valence-corrected chi connectivity index (χ3v) is 6.40. The molecule has 2 N–H and O–H groups in total. The standard InChI is InChI=1S/C26H27F3N4O2/c1-32-12-10-18-13-20(33(2)19-5-3-17(4-6-19)14-26(27,28)29)7-8-21(18)24(32)16-31-23-15-30-11-9-22(23)25(34)35/h3-9,11,13,15,24,31H,10,12,14,16H2,1-2H3,(H,34,35)/t24-/m0/s1. The number of carboxylic acids is 1. The first-order chi connectivity index (χ1) is 16.6. The van der Waals surface area contributed by atoms with Gasteiger partial charge in [-0.2, -0.15) is 13.2 Å². The van der Waals surface area contributed by atoms with Gasteiger partial charge in [0, 0.05) is 37.7 Å². The van der Waals surface area contributed by atoms with Crippen molar-refractivity contribution in [2.24, 2.45) is 0 Å². The minimum absolute atomic E-state index is 0.0432. The van der Waals surface area contributed by atoms with Crippen molar-refractivity contribution >= 4 is 23.0 Å². The molecule has 0 unspecified atom stereocenters. The zero-order chi connectivity index (χ0) is 25.2. The van der Waals surface area contributed by atoms with E-state index in [1.54, 1.807) is 12.1 Å². The van der Waals surface area contributed by atoms with Crippen LogP contribution in [-0.4, -0.2) is 54.3 Å². The molecule has 0 fully saturated rings. The summed E-state index contributed by atoms with van der Waals surface area (Å²) in [5, 5.41) is 12.7. The summed E-state index contributed by atoms with van der Waals surface area (Å²) < 4.78 is 37.9. The Morgan fingerprint density at radius 1 is 1.17 bits per heavy atom. The predicted octanol–water partition coefficient (Wildman–Crippen LogP) is 5.29. The van der Waals surface area contributed by atoms with Gasteiger partial charge in [-0.3, -0.25) is 9.88 Å². The van der Waals surface area contributed by atoms with E-state index in [0.29, 0.717) is 12.2 Å². The van der Waals surface area contributed by atoms with Crippen LogP contribution in [0.1, 0.15) is 33.1 Å². The van der Waals surface area contributed by atoms with E-state index >= 15 is 0 Å². The van der Waals surface area contributed by atoms with Gasteiger partial charge in [0.15, 0.2) is 0 Å². The number of benzene rings is 2. The number of rotatable bonds is 7. The fraction of sp³-hybridized carbons (Fsp3) is 0.308. The minimum Gasteiger partial charge on any atom is -0.478 e. The molecule has 0 radical (unpaired) electrons. The monoisotopic (exact) mass is 484 g/mol. The van der Waals surface area contributed by atoms with Crippen LogP contribution in [0, 0.1) is 0 Å². The summed E-state index contributed by atoms with van der Waals surface area (Å²) in [6.45, 7) is 1.36. The lowest BCUT2D eigenvalue weighted by Crippen LogP contribution is -2.36. The van der Waals surface area contributed by atoms with Crippen LogP contribution in [0.3, 0.4) is 0 Å². The third-order valence-electron chi connectivity index (χ3n) is 6.40. The Bertz CT molecular complexity index is 1200. The van der Waals surface area contributed by atoms with Gasteiger partial charge >= 0.3 is 12.1 Å². The van der Waals surface area contributed by atoms with Gasteiger partial charge in [-0.1, -0.05) is 18.2 Å². The van der Waals surface area contributed by atoms with Crippen LogP contribution in [0.4, 0.5) is 30.2 Å². The second-order valence-electron chi connectivity index (χ2n) is 8.75. The third kappa shape index (κ3) is 5.74. The van der Waals surface area contributed by atoms with Crippen molar-refractivity contribution in [1.29, 1.82) is 0 Å². The molecule has 1 atom stereocenters. The number of aromatic nitrogens is 1. The van der Waals surface area contributed by atoms with Crippen molar-refractivity contribution in [3.05, 3.63) is 83.2 Å². The van der Waals surface area contributed by atoms with Crippen molar-refractivity contribution in [3.8, 4) is 0 Å².